The van der Waals surface area contributed by atoms with Crippen molar-refractivity contribution in [3.05, 3.63) is 18.2 Å². The highest BCUT2D eigenvalue weighted by Gasteiger charge is 2.22. The van der Waals surface area contributed by atoms with Crippen molar-refractivity contribution in [1.82, 2.24) is 15.3 Å². The van der Waals surface area contributed by atoms with Crippen molar-refractivity contribution >= 4 is 23.4 Å². The van der Waals surface area contributed by atoms with Gasteiger partial charge in [0, 0.05) is 11.6 Å². The number of thioether (sulfide) groups is 1. The standard InChI is InChI=1S/C9H12N4OS/c1-6-10-2-7(3-11-6)13-9(14)8-4-15-5-12-8/h2-3,8,12H,4-5H2,1H3,(H,13,14)/t8-/m1/s1. The van der Waals surface area contributed by atoms with Crippen LogP contribution in [0.15, 0.2) is 12.4 Å². The summed E-state index contributed by atoms with van der Waals surface area (Å²) in [5, 5.41) is 5.87. The number of aryl methyl sites for hydroxylation is 1. The zero-order valence-electron chi connectivity index (χ0n) is 8.36. The number of nitrogens with zero attached hydrogens (tertiary/aromatic N) is 2. The van der Waals surface area contributed by atoms with Crippen molar-refractivity contribution < 1.29 is 4.79 Å². The van der Waals surface area contributed by atoms with E-state index >= 15 is 0 Å². The average molecular weight is 224 g/mol. The molecule has 1 amide bonds. The lowest BCUT2D eigenvalue weighted by molar-refractivity contribution is -0.117. The van der Waals surface area contributed by atoms with Gasteiger partial charge >= 0.3 is 0 Å². The Hall–Kier alpha value is -1.14. The van der Waals surface area contributed by atoms with Crippen LogP contribution in [0.4, 0.5) is 5.69 Å². The summed E-state index contributed by atoms with van der Waals surface area (Å²) in [4.78, 5) is 19.7. The summed E-state index contributed by atoms with van der Waals surface area (Å²) in [6.45, 7) is 1.81. The first-order valence-electron chi connectivity index (χ1n) is 4.66. The van der Waals surface area contributed by atoms with Gasteiger partial charge in [0.2, 0.25) is 5.91 Å². The number of aromatic nitrogens is 2. The first kappa shape index (κ1) is 10.4. The van der Waals surface area contributed by atoms with Crippen molar-refractivity contribution in [3.8, 4) is 0 Å². The van der Waals surface area contributed by atoms with Gasteiger partial charge in [0.05, 0.1) is 24.1 Å². The third-order valence-corrected chi connectivity index (χ3v) is 3.02. The van der Waals surface area contributed by atoms with E-state index in [0.717, 1.165) is 11.6 Å². The fraction of sp³-hybridized carbons (Fsp3) is 0.444. The predicted molar refractivity (Wildman–Crippen MR) is 59.6 cm³/mol. The highest BCUT2D eigenvalue weighted by Crippen LogP contribution is 2.11. The van der Waals surface area contributed by atoms with Gasteiger partial charge in [0.25, 0.3) is 0 Å². The molecule has 6 heteroatoms. The maximum Gasteiger partial charge on any atom is 0.242 e. The third-order valence-electron chi connectivity index (χ3n) is 2.08. The zero-order chi connectivity index (χ0) is 10.7. The molecule has 0 aliphatic carbocycles. The molecule has 1 saturated heterocycles. The summed E-state index contributed by atoms with van der Waals surface area (Å²) >= 11 is 1.72. The molecule has 1 atom stereocenters. The minimum Gasteiger partial charge on any atom is -0.322 e. The minimum atomic E-state index is -0.101. The molecule has 15 heavy (non-hydrogen) atoms. The maximum atomic E-state index is 11.7. The quantitative estimate of drug-likeness (QED) is 0.760. The summed E-state index contributed by atoms with van der Waals surface area (Å²) < 4.78 is 0. The Morgan fingerprint density at radius 1 is 1.60 bits per heavy atom. The second-order valence-corrected chi connectivity index (χ2v) is 4.31. The molecule has 1 aromatic rings. The largest absolute Gasteiger partial charge is 0.322 e. The lowest BCUT2D eigenvalue weighted by Crippen LogP contribution is -2.37. The molecule has 80 valence electrons. The first-order valence-corrected chi connectivity index (χ1v) is 5.82. The van der Waals surface area contributed by atoms with E-state index in [1.54, 1.807) is 31.1 Å². The second kappa shape index (κ2) is 4.59. The Kier molecular flexibility index (Phi) is 3.17. The monoisotopic (exact) mass is 224 g/mol. The second-order valence-electron chi connectivity index (χ2n) is 3.28. The van der Waals surface area contributed by atoms with Gasteiger partial charge in [-0.05, 0) is 6.92 Å². The molecule has 5 nitrogen and oxygen atoms in total. The van der Waals surface area contributed by atoms with Gasteiger partial charge < -0.3 is 5.32 Å². The van der Waals surface area contributed by atoms with Crippen molar-refractivity contribution in [2.45, 2.75) is 13.0 Å². The van der Waals surface area contributed by atoms with Gasteiger partial charge in [-0.1, -0.05) is 0 Å². The van der Waals surface area contributed by atoms with Crippen LogP contribution in [-0.4, -0.2) is 33.5 Å². The van der Waals surface area contributed by atoms with Crippen LogP contribution < -0.4 is 10.6 Å². The third kappa shape index (κ3) is 2.66. The number of hydrogen-bond acceptors (Lipinski definition) is 5. The first-order chi connectivity index (χ1) is 7.25. The molecule has 0 spiro atoms. The SMILES string of the molecule is Cc1ncc(NC(=O)[C@H]2CSCN2)cn1. The van der Waals surface area contributed by atoms with E-state index in [0.29, 0.717) is 11.5 Å². The highest BCUT2D eigenvalue weighted by molar-refractivity contribution is 7.99. The molecular weight excluding hydrogens is 212 g/mol. The Morgan fingerprint density at radius 2 is 2.33 bits per heavy atom. The molecule has 0 aromatic carbocycles. The highest BCUT2D eigenvalue weighted by atomic mass is 32.2. The summed E-state index contributed by atoms with van der Waals surface area (Å²) in [5.74, 6) is 2.33. The molecule has 0 radical (unpaired) electrons. The number of anilines is 1. The average Bonchev–Trinajstić information content (AvgIpc) is 2.74. The van der Waals surface area contributed by atoms with Crippen molar-refractivity contribution in [2.75, 3.05) is 16.9 Å². The van der Waals surface area contributed by atoms with Crippen LogP contribution in [-0.2, 0) is 4.79 Å². The van der Waals surface area contributed by atoms with Crippen molar-refractivity contribution in [2.24, 2.45) is 0 Å². The summed E-state index contributed by atoms with van der Waals surface area (Å²) in [5.41, 5.74) is 0.643. The molecule has 1 fully saturated rings. The molecule has 2 heterocycles. The van der Waals surface area contributed by atoms with Gasteiger partial charge in [0.1, 0.15) is 5.82 Å². The van der Waals surface area contributed by atoms with E-state index in [4.69, 9.17) is 0 Å². The molecule has 1 aliphatic heterocycles. The van der Waals surface area contributed by atoms with Gasteiger partial charge in [-0.25, -0.2) is 9.97 Å². The number of amides is 1. The smallest absolute Gasteiger partial charge is 0.242 e. The number of nitrogens with one attached hydrogen (secondary N) is 2. The lowest BCUT2D eigenvalue weighted by atomic mass is 10.3. The molecule has 2 N–H and O–H groups in total. The Labute approximate surface area is 92.1 Å². The molecule has 1 aliphatic rings. The Bertz CT molecular complexity index is 348. The zero-order valence-corrected chi connectivity index (χ0v) is 9.17. The lowest BCUT2D eigenvalue weighted by Gasteiger charge is -2.09. The molecule has 0 unspecified atom stereocenters. The van der Waals surface area contributed by atoms with Crippen LogP contribution in [0.2, 0.25) is 0 Å². The molecule has 0 bridgehead atoms. The van der Waals surface area contributed by atoms with Gasteiger partial charge in [0.15, 0.2) is 0 Å². The number of carbonyl (C=O) groups excluding carboxylic acids is 1. The normalized spacial score (nSPS) is 20.2. The minimum absolute atomic E-state index is 0.0209. The number of hydrogen-bond donors (Lipinski definition) is 2. The van der Waals surface area contributed by atoms with Crippen molar-refractivity contribution in [3.63, 3.8) is 0 Å². The summed E-state index contributed by atoms with van der Waals surface area (Å²) in [6.07, 6.45) is 3.23. The van der Waals surface area contributed by atoms with E-state index < -0.39 is 0 Å². The maximum absolute atomic E-state index is 11.7. The molecule has 0 saturated carbocycles. The Balaban J connectivity index is 1.96. The van der Waals surface area contributed by atoms with Crippen LogP contribution in [0, 0.1) is 6.92 Å². The van der Waals surface area contributed by atoms with E-state index in [1.165, 1.54) is 0 Å². The van der Waals surface area contributed by atoms with Crippen LogP contribution in [0.1, 0.15) is 5.82 Å². The fourth-order valence-corrected chi connectivity index (χ4v) is 2.19. The van der Waals surface area contributed by atoms with Crippen LogP contribution in [0.5, 0.6) is 0 Å². The summed E-state index contributed by atoms with van der Waals surface area (Å²) in [6, 6.07) is -0.101. The van der Waals surface area contributed by atoms with Gasteiger partial charge in [-0.3, -0.25) is 10.1 Å². The molecule has 1 aromatic heterocycles. The fourth-order valence-electron chi connectivity index (χ4n) is 1.25. The van der Waals surface area contributed by atoms with E-state index in [-0.39, 0.29) is 11.9 Å². The number of rotatable bonds is 2. The van der Waals surface area contributed by atoms with Crippen LogP contribution >= 0.6 is 11.8 Å². The van der Waals surface area contributed by atoms with Gasteiger partial charge in [-0.2, -0.15) is 0 Å². The summed E-state index contributed by atoms with van der Waals surface area (Å²) in [7, 11) is 0. The number of carbonyl (C=O) groups is 1. The topological polar surface area (TPSA) is 66.9 Å². The Morgan fingerprint density at radius 3 is 2.93 bits per heavy atom. The van der Waals surface area contributed by atoms with Crippen molar-refractivity contribution in [1.29, 1.82) is 0 Å². The molecule has 2 rings (SSSR count). The predicted octanol–water partition coefficient (Wildman–Crippen LogP) is 0.386. The van der Waals surface area contributed by atoms with E-state index in [1.807, 2.05) is 0 Å². The van der Waals surface area contributed by atoms with Crippen LogP contribution in [0.3, 0.4) is 0 Å². The molecular formula is C9H12N4OS. The van der Waals surface area contributed by atoms with Gasteiger partial charge in [-0.15, -0.1) is 11.8 Å². The van der Waals surface area contributed by atoms with E-state index in [2.05, 4.69) is 20.6 Å². The van der Waals surface area contributed by atoms with E-state index in [9.17, 15) is 4.79 Å². The van der Waals surface area contributed by atoms with Crippen LogP contribution in [0.25, 0.3) is 0 Å².